The summed E-state index contributed by atoms with van der Waals surface area (Å²) in [6, 6.07) is 0. The van der Waals surface area contributed by atoms with E-state index in [0.29, 0.717) is 34.0 Å². The van der Waals surface area contributed by atoms with Crippen LogP contribution < -0.4 is 0 Å². The summed E-state index contributed by atoms with van der Waals surface area (Å²) in [5.41, 5.74) is 3.11. The van der Waals surface area contributed by atoms with E-state index >= 15 is 0 Å². The van der Waals surface area contributed by atoms with Crippen LogP contribution in [0.3, 0.4) is 0 Å². The SMILES string of the molecule is C=C1/C(=C\C=C2/CCC[C@@]3(C)C2CC[C@@H]3[C@H](C)[C@@H](I)CCC(C)(C)O)C[C@@H](O)C[C@@H]1O. The Hall–Kier alpha value is -0.170. The van der Waals surface area contributed by atoms with Crippen molar-refractivity contribution in [3.8, 4) is 0 Å². The zero-order chi connectivity index (χ0) is 23.0. The molecule has 0 spiro atoms. The molecule has 3 nitrogen and oxygen atoms in total. The Morgan fingerprint density at radius 3 is 2.65 bits per heavy atom. The predicted molar refractivity (Wildman–Crippen MR) is 137 cm³/mol. The van der Waals surface area contributed by atoms with Crippen LogP contribution in [0, 0.1) is 23.2 Å². The Kier molecular flexibility index (Phi) is 8.20. The molecule has 3 N–H and O–H groups in total. The minimum atomic E-state index is -0.619. The fourth-order valence-electron chi connectivity index (χ4n) is 6.61. The molecule has 3 saturated carbocycles. The van der Waals surface area contributed by atoms with E-state index in [0.717, 1.165) is 36.3 Å². The zero-order valence-corrected chi connectivity index (χ0v) is 22.1. The van der Waals surface area contributed by atoms with Gasteiger partial charge in [0.1, 0.15) is 0 Å². The van der Waals surface area contributed by atoms with E-state index in [-0.39, 0.29) is 0 Å². The van der Waals surface area contributed by atoms with Gasteiger partial charge in [0.2, 0.25) is 0 Å². The van der Waals surface area contributed by atoms with E-state index in [1.807, 2.05) is 13.8 Å². The second-order valence-electron chi connectivity index (χ2n) is 11.4. The highest BCUT2D eigenvalue weighted by atomic mass is 127. The topological polar surface area (TPSA) is 60.7 Å². The van der Waals surface area contributed by atoms with Crippen molar-refractivity contribution >= 4 is 22.6 Å². The Bertz CT molecular complexity index is 718. The molecule has 0 bridgehead atoms. The van der Waals surface area contributed by atoms with Crippen molar-refractivity contribution < 1.29 is 15.3 Å². The summed E-state index contributed by atoms with van der Waals surface area (Å²) in [7, 11) is 0. The zero-order valence-electron chi connectivity index (χ0n) is 19.9. The van der Waals surface area contributed by atoms with Gasteiger partial charge in [0, 0.05) is 10.3 Å². The molecule has 31 heavy (non-hydrogen) atoms. The second kappa shape index (κ2) is 9.99. The predicted octanol–water partition coefficient (Wildman–Crippen LogP) is 6.12. The first-order chi connectivity index (χ1) is 14.4. The van der Waals surface area contributed by atoms with Crippen LogP contribution in [0.25, 0.3) is 0 Å². The van der Waals surface area contributed by atoms with E-state index in [4.69, 9.17) is 0 Å². The molecular weight excluding hydrogens is 499 g/mol. The summed E-state index contributed by atoms with van der Waals surface area (Å²) in [5, 5.41) is 30.4. The summed E-state index contributed by atoms with van der Waals surface area (Å²) in [5.74, 6) is 2.01. The van der Waals surface area contributed by atoms with Gasteiger partial charge in [-0.15, -0.1) is 0 Å². The average Bonchev–Trinajstić information content (AvgIpc) is 3.04. The summed E-state index contributed by atoms with van der Waals surface area (Å²) >= 11 is 2.63. The third-order valence-electron chi connectivity index (χ3n) is 8.54. The molecular formula is C27H43IO3. The lowest BCUT2D eigenvalue weighted by Crippen LogP contribution is -2.38. The number of hydrogen-bond donors (Lipinski definition) is 3. The van der Waals surface area contributed by atoms with Crippen molar-refractivity contribution in [3.05, 3.63) is 35.5 Å². The first-order valence-corrected chi connectivity index (χ1v) is 13.5. The standard InChI is InChI=1S/C27H43IO3/c1-17-20(15-21(29)16-25(17)30)9-8-19-7-6-13-27(5)22(10-11-23(19)27)18(2)24(28)12-14-26(3,4)31/h8-9,18,21-25,29-31H,1,6-7,10-16H2,2-5H3/b19-8+,20-9-/t18-,21+,22+,23?,24-,25-,27+/m0/s1. The van der Waals surface area contributed by atoms with Crippen molar-refractivity contribution in [1.29, 1.82) is 0 Å². The molecule has 176 valence electrons. The fraction of sp³-hybridized carbons (Fsp3) is 0.778. The van der Waals surface area contributed by atoms with E-state index < -0.39 is 17.8 Å². The van der Waals surface area contributed by atoms with Crippen molar-refractivity contribution in [2.45, 2.75) is 107 Å². The smallest absolute Gasteiger partial charge is 0.0811 e. The Balaban J connectivity index is 1.74. The third-order valence-corrected chi connectivity index (χ3v) is 10.3. The van der Waals surface area contributed by atoms with Gasteiger partial charge < -0.3 is 15.3 Å². The largest absolute Gasteiger partial charge is 0.393 e. The summed E-state index contributed by atoms with van der Waals surface area (Å²) < 4.78 is 0.592. The number of hydrogen-bond acceptors (Lipinski definition) is 3. The highest BCUT2D eigenvalue weighted by Gasteiger charge is 2.51. The lowest BCUT2D eigenvalue weighted by Gasteiger charge is -2.45. The van der Waals surface area contributed by atoms with Crippen LogP contribution in [0.5, 0.6) is 0 Å². The number of halogens is 1. The van der Waals surface area contributed by atoms with Crippen LogP contribution in [-0.2, 0) is 0 Å². The number of alkyl halides is 1. The second-order valence-corrected chi connectivity index (χ2v) is 13.0. The van der Waals surface area contributed by atoms with Crippen LogP contribution in [-0.4, -0.2) is 37.1 Å². The fourth-order valence-corrected chi connectivity index (χ4v) is 7.43. The molecule has 3 aliphatic carbocycles. The van der Waals surface area contributed by atoms with Crippen molar-refractivity contribution in [3.63, 3.8) is 0 Å². The van der Waals surface area contributed by atoms with E-state index in [2.05, 4.69) is 55.2 Å². The molecule has 0 aromatic heterocycles. The van der Waals surface area contributed by atoms with Gasteiger partial charge in [-0.25, -0.2) is 0 Å². The number of aliphatic hydroxyl groups excluding tert-OH is 2. The molecule has 0 aromatic rings. The molecule has 7 atom stereocenters. The number of allylic oxidation sites excluding steroid dienone is 3. The maximum atomic E-state index is 10.2. The minimum absolute atomic E-state index is 0.350. The van der Waals surface area contributed by atoms with Gasteiger partial charge in [-0.1, -0.05) is 60.7 Å². The molecule has 0 radical (unpaired) electrons. The Labute approximate surface area is 203 Å². The molecule has 0 aliphatic heterocycles. The van der Waals surface area contributed by atoms with Crippen LogP contribution in [0.1, 0.15) is 85.5 Å². The lowest BCUT2D eigenvalue weighted by atomic mass is 9.60. The van der Waals surface area contributed by atoms with E-state index in [1.165, 1.54) is 25.7 Å². The Morgan fingerprint density at radius 2 is 1.97 bits per heavy atom. The maximum Gasteiger partial charge on any atom is 0.0811 e. The number of rotatable bonds is 6. The molecule has 1 unspecified atom stereocenters. The highest BCUT2D eigenvalue weighted by Crippen LogP contribution is 2.60. The van der Waals surface area contributed by atoms with Crippen LogP contribution >= 0.6 is 22.6 Å². The minimum Gasteiger partial charge on any atom is -0.393 e. The monoisotopic (exact) mass is 542 g/mol. The molecule has 0 aromatic carbocycles. The Morgan fingerprint density at radius 1 is 1.26 bits per heavy atom. The quantitative estimate of drug-likeness (QED) is 0.280. The molecule has 0 heterocycles. The molecule has 4 heteroatoms. The molecule has 3 fully saturated rings. The van der Waals surface area contributed by atoms with Crippen molar-refractivity contribution in [2.75, 3.05) is 0 Å². The number of aliphatic hydroxyl groups is 3. The van der Waals surface area contributed by atoms with Gasteiger partial charge in [0.25, 0.3) is 0 Å². The first-order valence-electron chi connectivity index (χ1n) is 12.2. The molecule has 3 aliphatic rings. The summed E-state index contributed by atoms with van der Waals surface area (Å²) in [4.78, 5) is 0. The van der Waals surface area contributed by atoms with Crippen molar-refractivity contribution in [1.82, 2.24) is 0 Å². The number of fused-ring (bicyclic) bond motifs is 1. The summed E-state index contributed by atoms with van der Waals surface area (Å²) in [6.45, 7) is 12.9. The highest BCUT2D eigenvalue weighted by molar-refractivity contribution is 14.1. The van der Waals surface area contributed by atoms with Crippen LogP contribution in [0.4, 0.5) is 0 Å². The van der Waals surface area contributed by atoms with Gasteiger partial charge in [-0.2, -0.15) is 0 Å². The first kappa shape index (κ1) is 25.5. The maximum absolute atomic E-state index is 10.2. The van der Waals surface area contributed by atoms with Gasteiger partial charge in [-0.3, -0.25) is 0 Å². The lowest BCUT2D eigenvalue weighted by molar-refractivity contribution is 0.0621. The molecule has 0 saturated heterocycles. The molecule has 3 rings (SSSR count). The average molecular weight is 543 g/mol. The van der Waals surface area contributed by atoms with Gasteiger partial charge in [0.05, 0.1) is 17.8 Å². The normalized spacial score (nSPS) is 39.0. The van der Waals surface area contributed by atoms with Gasteiger partial charge >= 0.3 is 0 Å². The molecule has 0 amide bonds. The van der Waals surface area contributed by atoms with E-state index in [1.54, 1.807) is 5.57 Å². The third kappa shape index (κ3) is 5.85. The van der Waals surface area contributed by atoms with Crippen LogP contribution in [0.2, 0.25) is 0 Å². The van der Waals surface area contributed by atoms with Gasteiger partial charge in [-0.05, 0) is 99.5 Å². The van der Waals surface area contributed by atoms with Crippen molar-refractivity contribution in [2.24, 2.45) is 23.2 Å². The summed E-state index contributed by atoms with van der Waals surface area (Å²) in [6.07, 6.45) is 12.5. The van der Waals surface area contributed by atoms with Gasteiger partial charge in [0.15, 0.2) is 0 Å². The van der Waals surface area contributed by atoms with E-state index in [9.17, 15) is 15.3 Å². The van der Waals surface area contributed by atoms with Crippen LogP contribution in [0.15, 0.2) is 35.5 Å².